The summed E-state index contributed by atoms with van der Waals surface area (Å²) in [5.41, 5.74) is 0.158. The smallest absolute Gasteiger partial charge is 0.486 e. The van der Waals surface area contributed by atoms with Crippen LogP contribution in [0.3, 0.4) is 0 Å². The van der Waals surface area contributed by atoms with E-state index >= 15 is 0 Å². The van der Waals surface area contributed by atoms with Crippen molar-refractivity contribution in [2.75, 3.05) is 13.2 Å². The van der Waals surface area contributed by atoms with E-state index in [0.29, 0.717) is 35.7 Å². The molecule has 0 saturated carbocycles. The molecular formula is C15H19BO5. The van der Waals surface area contributed by atoms with E-state index in [2.05, 4.69) is 0 Å². The maximum atomic E-state index is 11.4. The molecule has 2 aliphatic heterocycles. The summed E-state index contributed by atoms with van der Waals surface area (Å²) in [4.78, 5) is 11.4. The maximum absolute atomic E-state index is 11.4. The first-order valence-corrected chi connectivity index (χ1v) is 7.09. The molecular weight excluding hydrogens is 271 g/mol. The molecule has 3 rings (SSSR count). The molecule has 0 aromatic heterocycles. The van der Waals surface area contributed by atoms with Gasteiger partial charge in [-0.25, -0.2) is 0 Å². The summed E-state index contributed by atoms with van der Waals surface area (Å²) in [6.45, 7) is 8.83. The molecule has 2 aliphatic rings. The molecule has 0 spiro atoms. The number of fused-ring (bicyclic) bond motifs is 1. The van der Waals surface area contributed by atoms with Gasteiger partial charge in [0.05, 0.1) is 11.2 Å². The van der Waals surface area contributed by atoms with Crippen molar-refractivity contribution < 1.29 is 23.6 Å². The number of carbonyl (C=O) groups excluding carboxylic acids is 1. The van der Waals surface area contributed by atoms with Crippen molar-refractivity contribution in [2.24, 2.45) is 0 Å². The fourth-order valence-corrected chi connectivity index (χ4v) is 2.46. The highest BCUT2D eigenvalue weighted by molar-refractivity contribution is 6.64. The number of ether oxygens (including phenoxy) is 2. The van der Waals surface area contributed by atoms with Crippen LogP contribution < -0.4 is 14.9 Å². The lowest BCUT2D eigenvalue weighted by Crippen LogP contribution is -2.41. The Labute approximate surface area is 124 Å². The predicted molar refractivity (Wildman–Crippen MR) is 78.5 cm³/mol. The molecule has 0 amide bonds. The Morgan fingerprint density at radius 2 is 1.67 bits per heavy atom. The van der Waals surface area contributed by atoms with E-state index in [1.807, 2.05) is 27.7 Å². The van der Waals surface area contributed by atoms with E-state index in [4.69, 9.17) is 18.8 Å². The van der Waals surface area contributed by atoms with Gasteiger partial charge in [-0.2, -0.15) is 0 Å². The molecule has 5 nitrogen and oxygen atoms in total. The monoisotopic (exact) mass is 290 g/mol. The van der Waals surface area contributed by atoms with Crippen LogP contribution in [0.25, 0.3) is 0 Å². The van der Waals surface area contributed by atoms with Crippen molar-refractivity contribution in [3.8, 4) is 11.5 Å². The van der Waals surface area contributed by atoms with E-state index in [9.17, 15) is 4.79 Å². The largest absolute Gasteiger partial charge is 0.499 e. The van der Waals surface area contributed by atoms with Crippen molar-refractivity contribution >= 4 is 18.9 Å². The summed E-state index contributed by atoms with van der Waals surface area (Å²) >= 11 is 0. The van der Waals surface area contributed by atoms with E-state index in [-0.39, 0.29) is 0 Å². The van der Waals surface area contributed by atoms with Crippen molar-refractivity contribution in [1.29, 1.82) is 0 Å². The Kier molecular flexibility index (Phi) is 3.26. The summed E-state index contributed by atoms with van der Waals surface area (Å²) in [5.74, 6) is 1.17. The number of carbonyl (C=O) groups is 1. The summed E-state index contributed by atoms with van der Waals surface area (Å²) in [6.07, 6.45) is 0.790. The van der Waals surface area contributed by atoms with Gasteiger partial charge in [-0.05, 0) is 39.8 Å². The minimum Gasteiger partial charge on any atom is -0.486 e. The van der Waals surface area contributed by atoms with Gasteiger partial charge in [0.25, 0.3) is 0 Å². The van der Waals surface area contributed by atoms with Crippen LogP contribution in [0.4, 0.5) is 0 Å². The van der Waals surface area contributed by atoms with Crippen molar-refractivity contribution in [1.82, 2.24) is 0 Å². The summed E-state index contributed by atoms with van der Waals surface area (Å²) < 4.78 is 23.4. The highest BCUT2D eigenvalue weighted by Gasteiger charge is 2.53. The molecule has 0 N–H and O–H groups in total. The van der Waals surface area contributed by atoms with E-state index in [1.165, 1.54) is 0 Å². The highest BCUT2D eigenvalue weighted by atomic mass is 16.7. The molecule has 1 aromatic rings. The molecule has 6 heteroatoms. The van der Waals surface area contributed by atoms with Gasteiger partial charge in [0, 0.05) is 11.0 Å². The Bertz CT molecular complexity index is 566. The fourth-order valence-electron chi connectivity index (χ4n) is 2.46. The van der Waals surface area contributed by atoms with Crippen LogP contribution in [0, 0.1) is 0 Å². The van der Waals surface area contributed by atoms with E-state index in [1.54, 1.807) is 12.1 Å². The molecule has 0 atom stereocenters. The van der Waals surface area contributed by atoms with Crippen LogP contribution in [0.5, 0.6) is 11.5 Å². The second kappa shape index (κ2) is 4.75. The minimum absolute atomic E-state index is 0.446. The van der Waals surface area contributed by atoms with Gasteiger partial charge in [-0.15, -0.1) is 0 Å². The zero-order valence-corrected chi connectivity index (χ0v) is 12.8. The van der Waals surface area contributed by atoms with Crippen LogP contribution >= 0.6 is 0 Å². The van der Waals surface area contributed by atoms with Crippen molar-refractivity contribution in [3.05, 3.63) is 17.7 Å². The summed E-state index contributed by atoms with van der Waals surface area (Å²) in [6, 6.07) is 3.45. The van der Waals surface area contributed by atoms with Gasteiger partial charge in [0.15, 0.2) is 11.5 Å². The van der Waals surface area contributed by atoms with Gasteiger partial charge in [-0.3, -0.25) is 4.79 Å². The van der Waals surface area contributed by atoms with Crippen molar-refractivity contribution in [3.63, 3.8) is 0 Å². The number of benzene rings is 1. The van der Waals surface area contributed by atoms with Crippen LogP contribution in [-0.2, 0) is 9.31 Å². The van der Waals surface area contributed by atoms with Gasteiger partial charge in [0.1, 0.15) is 19.5 Å². The molecule has 2 heterocycles. The minimum atomic E-state index is -0.646. The molecule has 0 unspecified atom stereocenters. The second-order valence-corrected chi connectivity index (χ2v) is 6.30. The Morgan fingerprint density at radius 3 is 2.29 bits per heavy atom. The predicted octanol–water partition coefficient (Wildman–Crippen LogP) is 1.57. The number of hydrogen-bond donors (Lipinski definition) is 0. The molecule has 0 radical (unpaired) electrons. The van der Waals surface area contributed by atoms with Crippen LogP contribution in [0.2, 0.25) is 0 Å². The number of hydrogen-bond acceptors (Lipinski definition) is 5. The highest BCUT2D eigenvalue weighted by Crippen LogP contribution is 2.39. The fraction of sp³-hybridized carbons (Fsp3) is 0.533. The molecule has 0 bridgehead atoms. The lowest BCUT2D eigenvalue weighted by molar-refractivity contribution is 0.00578. The zero-order chi connectivity index (χ0) is 15.3. The maximum Gasteiger partial charge on any atom is 0.499 e. The third-order valence-electron chi connectivity index (χ3n) is 4.40. The molecule has 0 aliphatic carbocycles. The van der Waals surface area contributed by atoms with E-state index < -0.39 is 18.3 Å². The Hall–Kier alpha value is -1.53. The normalized spacial score (nSPS) is 22.2. The third kappa shape index (κ3) is 2.22. The Morgan fingerprint density at radius 1 is 1.05 bits per heavy atom. The first-order chi connectivity index (χ1) is 9.86. The molecule has 1 fully saturated rings. The average Bonchev–Trinajstić information content (AvgIpc) is 2.65. The zero-order valence-electron chi connectivity index (χ0n) is 12.8. The van der Waals surface area contributed by atoms with E-state index in [0.717, 1.165) is 6.29 Å². The first kappa shape index (κ1) is 14.4. The standard InChI is InChI=1S/C15H19BO5/c1-14(2)15(3,4)21-16(20-14)12-10(9-17)5-6-11-13(12)19-8-7-18-11/h5-6,9H,7-8H2,1-4H3. The number of aldehydes is 1. The van der Waals surface area contributed by atoms with Crippen LogP contribution in [0.15, 0.2) is 12.1 Å². The lowest BCUT2D eigenvalue weighted by atomic mass is 9.75. The first-order valence-electron chi connectivity index (χ1n) is 7.09. The molecule has 1 aromatic carbocycles. The lowest BCUT2D eigenvalue weighted by Gasteiger charge is -2.32. The third-order valence-corrected chi connectivity index (χ3v) is 4.40. The van der Waals surface area contributed by atoms with Gasteiger partial charge < -0.3 is 18.8 Å². The molecule has 1 saturated heterocycles. The molecule has 112 valence electrons. The average molecular weight is 290 g/mol. The summed E-state index contributed by atoms with van der Waals surface area (Å²) in [5, 5.41) is 0. The Balaban J connectivity index is 2.08. The van der Waals surface area contributed by atoms with Gasteiger partial charge in [0.2, 0.25) is 0 Å². The van der Waals surface area contributed by atoms with Gasteiger partial charge >= 0.3 is 7.12 Å². The topological polar surface area (TPSA) is 54.0 Å². The van der Waals surface area contributed by atoms with Gasteiger partial charge in [-0.1, -0.05) is 0 Å². The quantitative estimate of drug-likeness (QED) is 0.611. The second-order valence-electron chi connectivity index (χ2n) is 6.30. The SMILES string of the molecule is CC1(C)OB(c2c(C=O)ccc3c2OCCO3)OC1(C)C. The van der Waals surface area contributed by atoms with Crippen LogP contribution in [0.1, 0.15) is 38.1 Å². The summed E-state index contributed by atoms with van der Waals surface area (Å²) in [7, 11) is -0.646. The van der Waals surface area contributed by atoms with Crippen molar-refractivity contribution in [2.45, 2.75) is 38.9 Å². The number of rotatable bonds is 2. The molecule has 21 heavy (non-hydrogen) atoms. The van der Waals surface area contributed by atoms with Crippen LogP contribution in [-0.4, -0.2) is 37.8 Å².